The number of rotatable bonds is 6. The first-order valence-electron chi connectivity index (χ1n) is 4.64. The fourth-order valence-electron chi connectivity index (χ4n) is 0.858. The van der Waals surface area contributed by atoms with Crippen molar-refractivity contribution in [1.29, 1.82) is 0 Å². The zero-order chi connectivity index (χ0) is 11.2. The van der Waals surface area contributed by atoms with Crippen molar-refractivity contribution >= 4 is 15.8 Å². The smallest absolute Gasteiger partial charge is 0.306 e. The first-order chi connectivity index (χ1) is 6.37. The number of methoxy groups -OCH3 is 1. The van der Waals surface area contributed by atoms with Crippen LogP contribution in [0.15, 0.2) is 0 Å². The van der Waals surface area contributed by atoms with Gasteiger partial charge in [-0.1, -0.05) is 13.8 Å². The monoisotopic (exact) mass is 222 g/mol. The molecule has 0 amide bonds. The van der Waals surface area contributed by atoms with Crippen molar-refractivity contribution in [3.05, 3.63) is 0 Å². The molecule has 0 saturated heterocycles. The normalized spacial score (nSPS) is 11.7. The molecule has 0 unspecified atom stereocenters. The predicted molar refractivity (Wildman–Crippen MR) is 54.7 cm³/mol. The van der Waals surface area contributed by atoms with E-state index in [1.165, 1.54) is 7.11 Å². The maximum Gasteiger partial charge on any atom is 0.306 e. The van der Waals surface area contributed by atoms with Gasteiger partial charge in [0.2, 0.25) is 0 Å². The topological polar surface area (TPSA) is 60.4 Å². The zero-order valence-corrected chi connectivity index (χ0v) is 9.76. The van der Waals surface area contributed by atoms with Gasteiger partial charge in [-0.05, 0) is 12.3 Å². The Balaban J connectivity index is 3.90. The number of esters is 1. The molecule has 0 fully saturated rings. The van der Waals surface area contributed by atoms with Gasteiger partial charge in [0.05, 0.1) is 25.0 Å². The van der Waals surface area contributed by atoms with Crippen LogP contribution < -0.4 is 0 Å². The van der Waals surface area contributed by atoms with Crippen molar-refractivity contribution in [3.63, 3.8) is 0 Å². The van der Waals surface area contributed by atoms with E-state index >= 15 is 0 Å². The number of hydrogen-bond acceptors (Lipinski definition) is 4. The van der Waals surface area contributed by atoms with E-state index in [4.69, 9.17) is 0 Å². The lowest BCUT2D eigenvalue weighted by molar-refractivity contribution is -0.140. The van der Waals surface area contributed by atoms with Gasteiger partial charge in [-0.15, -0.1) is 0 Å². The van der Waals surface area contributed by atoms with Crippen LogP contribution >= 0.6 is 0 Å². The largest absolute Gasteiger partial charge is 0.469 e. The first kappa shape index (κ1) is 13.4. The second kappa shape index (κ2) is 6.01. The third-order valence-corrected chi connectivity index (χ3v) is 3.53. The minimum atomic E-state index is -3.08. The maximum atomic E-state index is 11.3. The maximum absolute atomic E-state index is 11.3. The molecule has 14 heavy (non-hydrogen) atoms. The third-order valence-electron chi connectivity index (χ3n) is 1.85. The third kappa shape index (κ3) is 6.88. The summed E-state index contributed by atoms with van der Waals surface area (Å²) in [5, 5.41) is 0. The van der Waals surface area contributed by atoms with Crippen LogP contribution in [0.25, 0.3) is 0 Å². The second-order valence-corrected chi connectivity index (χ2v) is 5.96. The molecule has 0 heterocycles. The molecular weight excluding hydrogens is 204 g/mol. The Labute approximate surface area is 85.6 Å². The van der Waals surface area contributed by atoms with Crippen molar-refractivity contribution in [1.82, 2.24) is 0 Å². The molecule has 0 aliphatic heterocycles. The van der Waals surface area contributed by atoms with E-state index < -0.39 is 15.8 Å². The van der Waals surface area contributed by atoms with Gasteiger partial charge in [0.1, 0.15) is 0 Å². The SMILES string of the molecule is COC(=O)CCS(=O)(=O)CCC(C)C. The molecule has 0 bridgehead atoms. The summed E-state index contributed by atoms with van der Waals surface area (Å²) in [6, 6.07) is 0. The van der Waals surface area contributed by atoms with Gasteiger partial charge in [-0.25, -0.2) is 8.42 Å². The molecule has 84 valence electrons. The molecule has 0 aliphatic carbocycles. The molecule has 0 N–H and O–H groups in total. The standard InChI is InChI=1S/C9H18O4S/c1-8(2)4-6-14(11,12)7-5-9(10)13-3/h8H,4-7H2,1-3H3. The van der Waals surface area contributed by atoms with Crippen LogP contribution in [0.5, 0.6) is 0 Å². The molecule has 0 aliphatic rings. The van der Waals surface area contributed by atoms with Crippen LogP contribution in [0, 0.1) is 5.92 Å². The highest BCUT2D eigenvalue weighted by atomic mass is 32.2. The van der Waals surface area contributed by atoms with Crippen molar-refractivity contribution < 1.29 is 17.9 Å². The van der Waals surface area contributed by atoms with Gasteiger partial charge in [0, 0.05) is 0 Å². The summed E-state index contributed by atoms with van der Waals surface area (Å²) >= 11 is 0. The summed E-state index contributed by atoms with van der Waals surface area (Å²) in [4.78, 5) is 10.7. The summed E-state index contributed by atoms with van der Waals surface area (Å²) in [6.45, 7) is 3.94. The quantitative estimate of drug-likeness (QED) is 0.629. The van der Waals surface area contributed by atoms with Gasteiger partial charge >= 0.3 is 5.97 Å². The van der Waals surface area contributed by atoms with Crippen molar-refractivity contribution in [2.75, 3.05) is 18.6 Å². The van der Waals surface area contributed by atoms with Crippen LogP contribution in [-0.2, 0) is 19.4 Å². The minimum absolute atomic E-state index is 0.0447. The number of carbonyl (C=O) groups excluding carboxylic acids is 1. The predicted octanol–water partition coefficient (Wildman–Crippen LogP) is 1.01. The fourth-order valence-corrected chi connectivity index (χ4v) is 2.37. The Morgan fingerprint density at radius 2 is 1.86 bits per heavy atom. The molecule has 4 nitrogen and oxygen atoms in total. The van der Waals surface area contributed by atoms with Crippen molar-refractivity contribution in [2.24, 2.45) is 5.92 Å². The number of carbonyl (C=O) groups is 1. The van der Waals surface area contributed by atoms with Crippen molar-refractivity contribution in [2.45, 2.75) is 26.7 Å². The average Bonchev–Trinajstić information content (AvgIpc) is 2.11. The van der Waals surface area contributed by atoms with Crippen LogP contribution in [0.1, 0.15) is 26.7 Å². The van der Waals surface area contributed by atoms with E-state index in [9.17, 15) is 13.2 Å². The molecule has 0 rings (SSSR count). The highest BCUT2D eigenvalue weighted by molar-refractivity contribution is 7.91. The summed E-state index contributed by atoms with van der Waals surface area (Å²) in [5.74, 6) is -0.0605. The van der Waals surface area contributed by atoms with Crippen LogP contribution in [0.4, 0.5) is 0 Å². The van der Waals surface area contributed by atoms with E-state index in [2.05, 4.69) is 4.74 Å². The molecule has 0 atom stereocenters. The summed E-state index contributed by atoms with van der Waals surface area (Å²) < 4.78 is 27.1. The molecule has 0 radical (unpaired) electrons. The summed E-state index contributed by atoms with van der Waals surface area (Å²) in [7, 11) is -1.83. The Bertz CT molecular complexity index is 267. The number of sulfone groups is 1. The Morgan fingerprint density at radius 1 is 1.29 bits per heavy atom. The first-order valence-corrected chi connectivity index (χ1v) is 6.47. The van der Waals surface area contributed by atoms with Gasteiger partial charge in [-0.3, -0.25) is 4.79 Å². The molecule has 0 saturated carbocycles. The Hall–Kier alpha value is -0.580. The van der Waals surface area contributed by atoms with E-state index in [0.717, 1.165) is 0 Å². The highest BCUT2D eigenvalue weighted by Crippen LogP contribution is 2.04. The minimum Gasteiger partial charge on any atom is -0.469 e. The lowest BCUT2D eigenvalue weighted by atomic mass is 10.2. The molecular formula is C9H18O4S. The lowest BCUT2D eigenvalue weighted by Gasteiger charge is -2.05. The Kier molecular flexibility index (Phi) is 5.76. The van der Waals surface area contributed by atoms with Gasteiger partial charge in [-0.2, -0.15) is 0 Å². The van der Waals surface area contributed by atoms with Gasteiger partial charge in [0.15, 0.2) is 9.84 Å². The molecule has 0 aromatic heterocycles. The second-order valence-electron chi connectivity index (χ2n) is 3.66. The van der Waals surface area contributed by atoms with E-state index in [1.54, 1.807) is 0 Å². The molecule has 0 spiro atoms. The zero-order valence-electron chi connectivity index (χ0n) is 8.95. The lowest BCUT2D eigenvalue weighted by Crippen LogP contribution is -2.16. The summed E-state index contributed by atoms with van der Waals surface area (Å²) in [6.07, 6.45) is 0.598. The van der Waals surface area contributed by atoms with E-state index in [0.29, 0.717) is 12.3 Å². The fraction of sp³-hybridized carbons (Fsp3) is 0.889. The van der Waals surface area contributed by atoms with E-state index in [1.807, 2.05) is 13.8 Å². The number of hydrogen-bond donors (Lipinski definition) is 0. The molecule has 0 aromatic rings. The molecule has 5 heteroatoms. The van der Waals surface area contributed by atoms with E-state index in [-0.39, 0.29) is 17.9 Å². The van der Waals surface area contributed by atoms with Crippen molar-refractivity contribution in [3.8, 4) is 0 Å². The van der Waals surface area contributed by atoms with Crippen LogP contribution in [0.2, 0.25) is 0 Å². The van der Waals surface area contributed by atoms with Crippen LogP contribution in [-0.4, -0.2) is 33.0 Å². The highest BCUT2D eigenvalue weighted by Gasteiger charge is 2.14. The number of ether oxygens (including phenoxy) is 1. The van der Waals surface area contributed by atoms with Gasteiger partial charge < -0.3 is 4.74 Å². The van der Waals surface area contributed by atoms with Gasteiger partial charge in [0.25, 0.3) is 0 Å². The van der Waals surface area contributed by atoms with Crippen LogP contribution in [0.3, 0.4) is 0 Å². The molecule has 0 aromatic carbocycles. The summed E-state index contributed by atoms with van der Waals surface area (Å²) in [5.41, 5.74) is 0. The average molecular weight is 222 g/mol. The Morgan fingerprint density at radius 3 is 2.29 bits per heavy atom.